The maximum Gasteiger partial charge on any atom is 0.0555 e. The molecule has 17 heavy (non-hydrogen) atoms. The molecule has 0 aromatic heterocycles. The van der Waals surface area contributed by atoms with Crippen LogP contribution in [0, 0.1) is 0 Å². The Morgan fingerprint density at radius 3 is 2.65 bits per heavy atom. The van der Waals surface area contributed by atoms with Crippen molar-refractivity contribution in [2.24, 2.45) is 0 Å². The lowest BCUT2D eigenvalue weighted by Crippen LogP contribution is -2.04. The van der Waals surface area contributed by atoms with Crippen molar-refractivity contribution in [3.05, 3.63) is 63.1 Å². The van der Waals surface area contributed by atoms with Crippen LogP contribution in [0.25, 0.3) is 0 Å². The van der Waals surface area contributed by atoms with E-state index in [4.69, 9.17) is 11.6 Å². The molecule has 0 saturated carbocycles. The Bertz CT molecular complexity index is 551. The first-order valence-corrected chi connectivity index (χ1v) is 6.70. The smallest absolute Gasteiger partial charge is 0.0555 e. The fraction of sp³-hybridized carbons (Fsp3) is 0.143. The van der Waals surface area contributed by atoms with E-state index in [-0.39, 0.29) is 0 Å². The van der Waals surface area contributed by atoms with E-state index in [0.717, 1.165) is 15.9 Å². The number of hydrogen-bond donors (Lipinski definition) is 1. The first-order valence-electron chi connectivity index (χ1n) is 5.53. The van der Waals surface area contributed by atoms with Crippen LogP contribution in [0.1, 0.15) is 17.2 Å². The zero-order valence-corrected chi connectivity index (χ0v) is 11.4. The predicted molar refractivity (Wildman–Crippen MR) is 75.7 cm³/mol. The number of benzene rings is 2. The number of rotatable bonds is 1. The molecule has 0 saturated heterocycles. The molecule has 0 aliphatic carbocycles. The van der Waals surface area contributed by atoms with Crippen LogP contribution in [0.15, 0.2) is 46.9 Å². The topological polar surface area (TPSA) is 12.0 Å². The van der Waals surface area contributed by atoms with Crippen LogP contribution in [0.5, 0.6) is 0 Å². The second-order valence-electron chi connectivity index (χ2n) is 4.25. The average molecular weight is 309 g/mol. The van der Waals surface area contributed by atoms with Gasteiger partial charge in [0.1, 0.15) is 0 Å². The van der Waals surface area contributed by atoms with Crippen molar-refractivity contribution in [1.29, 1.82) is 0 Å². The van der Waals surface area contributed by atoms with Gasteiger partial charge in [0.15, 0.2) is 0 Å². The molecule has 3 rings (SSSR count). The van der Waals surface area contributed by atoms with Gasteiger partial charge in [0.25, 0.3) is 0 Å². The Morgan fingerprint density at radius 1 is 1.12 bits per heavy atom. The van der Waals surface area contributed by atoms with Crippen LogP contribution in [0.4, 0.5) is 5.69 Å². The highest BCUT2D eigenvalue weighted by Gasteiger charge is 2.21. The zero-order chi connectivity index (χ0) is 11.8. The molecule has 0 bridgehead atoms. The third kappa shape index (κ3) is 2.20. The largest absolute Gasteiger partial charge is 0.378 e. The fourth-order valence-electron chi connectivity index (χ4n) is 2.23. The molecule has 86 valence electrons. The molecular weight excluding hydrogens is 298 g/mol. The van der Waals surface area contributed by atoms with Crippen molar-refractivity contribution in [2.75, 3.05) is 5.32 Å². The molecule has 0 spiro atoms. The molecule has 1 atom stereocenters. The van der Waals surface area contributed by atoms with Gasteiger partial charge in [-0.15, -0.1) is 0 Å². The number of hydrogen-bond acceptors (Lipinski definition) is 1. The van der Waals surface area contributed by atoms with Crippen molar-refractivity contribution in [3.8, 4) is 0 Å². The molecular formula is C14H11BrClN. The summed E-state index contributed by atoms with van der Waals surface area (Å²) in [5.74, 6) is 0. The Labute approximate surface area is 114 Å². The molecule has 0 unspecified atom stereocenters. The second kappa shape index (κ2) is 4.35. The Morgan fingerprint density at radius 2 is 1.88 bits per heavy atom. The highest BCUT2D eigenvalue weighted by atomic mass is 79.9. The van der Waals surface area contributed by atoms with Gasteiger partial charge in [-0.3, -0.25) is 0 Å². The van der Waals surface area contributed by atoms with E-state index in [1.54, 1.807) is 0 Å². The lowest BCUT2D eigenvalue weighted by atomic mass is 10.0. The van der Waals surface area contributed by atoms with Gasteiger partial charge in [0, 0.05) is 15.2 Å². The van der Waals surface area contributed by atoms with Gasteiger partial charge >= 0.3 is 0 Å². The minimum absolute atomic E-state index is 0.358. The first-order chi connectivity index (χ1) is 8.22. The molecule has 1 nitrogen and oxygen atoms in total. The summed E-state index contributed by atoms with van der Waals surface area (Å²) in [5.41, 5.74) is 3.87. The molecule has 2 aromatic rings. The van der Waals surface area contributed by atoms with E-state index < -0.39 is 0 Å². The number of anilines is 1. The van der Waals surface area contributed by atoms with Gasteiger partial charge in [-0.05, 0) is 47.9 Å². The standard InChI is InChI=1S/C14H11BrClN/c15-11-3-6-13-10(7-11)8-14(17-13)9-1-4-12(16)5-2-9/h1-7,14,17H,8H2/t14-/m0/s1. The fourth-order valence-corrected chi connectivity index (χ4v) is 2.76. The third-order valence-electron chi connectivity index (χ3n) is 3.09. The number of halogens is 2. The third-order valence-corrected chi connectivity index (χ3v) is 3.84. The highest BCUT2D eigenvalue weighted by molar-refractivity contribution is 9.10. The summed E-state index contributed by atoms with van der Waals surface area (Å²) in [5, 5.41) is 4.32. The summed E-state index contributed by atoms with van der Waals surface area (Å²) in [4.78, 5) is 0. The second-order valence-corrected chi connectivity index (χ2v) is 5.61. The number of nitrogens with one attached hydrogen (secondary N) is 1. The van der Waals surface area contributed by atoms with Crippen LogP contribution >= 0.6 is 27.5 Å². The van der Waals surface area contributed by atoms with Crippen molar-refractivity contribution in [1.82, 2.24) is 0 Å². The molecule has 1 heterocycles. The van der Waals surface area contributed by atoms with E-state index >= 15 is 0 Å². The average Bonchev–Trinajstić information content (AvgIpc) is 2.72. The zero-order valence-electron chi connectivity index (χ0n) is 9.08. The van der Waals surface area contributed by atoms with Crippen molar-refractivity contribution in [2.45, 2.75) is 12.5 Å². The van der Waals surface area contributed by atoms with Gasteiger partial charge in [-0.2, -0.15) is 0 Å². The van der Waals surface area contributed by atoms with Gasteiger partial charge < -0.3 is 5.32 Å². The van der Waals surface area contributed by atoms with Gasteiger partial charge in [0.2, 0.25) is 0 Å². The quantitative estimate of drug-likeness (QED) is 0.797. The van der Waals surface area contributed by atoms with Crippen molar-refractivity contribution < 1.29 is 0 Å². The van der Waals surface area contributed by atoms with E-state index in [2.05, 4.69) is 51.6 Å². The normalized spacial score (nSPS) is 17.6. The van der Waals surface area contributed by atoms with E-state index in [1.165, 1.54) is 16.8 Å². The van der Waals surface area contributed by atoms with Gasteiger partial charge in [-0.25, -0.2) is 0 Å². The van der Waals surface area contributed by atoms with Gasteiger partial charge in [0.05, 0.1) is 6.04 Å². The summed E-state index contributed by atoms with van der Waals surface area (Å²) in [7, 11) is 0. The van der Waals surface area contributed by atoms with Gasteiger partial charge in [-0.1, -0.05) is 39.7 Å². The summed E-state index contributed by atoms with van der Waals surface area (Å²) in [6, 6.07) is 14.8. The predicted octanol–water partition coefficient (Wildman–Crippen LogP) is 4.81. The van der Waals surface area contributed by atoms with Crippen LogP contribution < -0.4 is 5.32 Å². The maximum atomic E-state index is 5.90. The Hall–Kier alpha value is -0.990. The minimum atomic E-state index is 0.358. The molecule has 1 aliphatic heterocycles. The first kappa shape index (κ1) is 11.1. The van der Waals surface area contributed by atoms with Crippen molar-refractivity contribution in [3.63, 3.8) is 0 Å². The molecule has 0 amide bonds. The summed E-state index contributed by atoms with van der Waals surface area (Å²) in [6.45, 7) is 0. The van der Waals surface area contributed by atoms with E-state index in [0.29, 0.717) is 6.04 Å². The van der Waals surface area contributed by atoms with Crippen molar-refractivity contribution >= 4 is 33.2 Å². The highest BCUT2D eigenvalue weighted by Crippen LogP contribution is 2.35. The molecule has 1 aliphatic rings. The summed E-state index contributed by atoms with van der Waals surface area (Å²) in [6.07, 6.45) is 1.02. The summed E-state index contributed by atoms with van der Waals surface area (Å²) < 4.78 is 1.13. The lowest BCUT2D eigenvalue weighted by Gasteiger charge is -2.11. The molecule has 1 N–H and O–H groups in total. The number of fused-ring (bicyclic) bond motifs is 1. The molecule has 2 aromatic carbocycles. The lowest BCUT2D eigenvalue weighted by molar-refractivity contribution is 0.824. The molecule has 0 radical (unpaired) electrons. The van der Waals surface area contributed by atoms with E-state index in [1.807, 2.05) is 12.1 Å². The molecule has 3 heteroatoms. The Kier molecular flexibility index (Phi) is 2.85. The van der Waals surface area contributed by atoms with Crippen LogP contribution in [-0.4, -0.2) is 0 Å². The SMILES string of the molecule is Clc1ccc([C@@H]2Cc3cc(Br)ccc3N2)cc1. The van der Waals surface area contributed by atoms with Crippen LogP contribution in [0.3, 0.4) is 0 Å². The van der Waals surface area contributed by atoms with E-state index in [9.17, 15) is 0 Å². The maximum absolute atomic E-state index is 5.90. The van der Waals surface area contributed by atoms with Crippen LogP contribution in [-0.2, 0) is 6.42 Å². The Balaban J connectivity index is 1.88. The minimum Gasteiger partial charge on any atom is -0.378 e. The summed E-state index contributed by atoms with van der Waals surface area (Å²) >= 11 is 9.41. The molecule has 0 fully saturated rings. The van der Waals surface area contributed by atoms with Crippen LogP contribution in [0.2, 0.25) is 5.02 Å². The monoisotopic (exact) mass is 307 g/mol.